The molecule has 1 unspecified atom stereocenters. The van der Waals surface area contributed by atoms with Crippen molar-refractivity contribution in [1.29, 1.82) is 0 Å². The Morgan fingerprint density at radius 3 is 2.00 bits per heavy atom. The van der Waals surface area contributed by atoms with Crippen molar-refractivity contribution in [2.75, 3.05) is 14.2 Å². The molecule has 1 aliphatic rings. The van der Waals surface area contributed by atoms with Crippen LogP contribution in [0.5, 0.6) is 5.75 Å². The standard InChI is InChI=1S/C20H29NO5/c1-19(2)12-7-13-20(3,4)21(19)26-17(18(23)25-6)16(22)14-8-10-15(24-5)11-9-14/h8-11,17H,7,12-13H2,1-6H3. The topological polar surface area (TPSA) is 65.1 Å². The third-order valence-corrected chi connectivity index (χ3v) is 4.92. The van der Waals surface area contributed by atoms with Crippen LogP contribution in [0.4, 0.5) is 0 Å². The summed E-state index contributed by atoms with van der Waals surface area (Å²) in [7, 11) is 2.81. The van der Waals surface area contributed by atoms with Gasteiger partial charge in [0.2, 0.25) is 11.9 Å². The number of nitrogens with zero attached hydrogens (tertiary/aromatic N) is 1. The maximum absolute atomic E-state index is 12.9. The molecule has 0 aromatic heterocycles. The molecule has 1 aromatic carbocycles. The Bertz CT molecular complexity index is 635. The van der Waals surface area contributed by atoms with Gasteiger partial charge in [0.15, 0.2) is 0 Å². The summed E-state index contributed by atoms with van der Waals surface area (Å²) in [5.74, 6) is -0.505. The SMILES string of the molecule is COC(=O)C(ON1C(C)(C)CCCC1(C)C)C(=O)c1ccc(OC)cc1. The molecule has 144 valence electrons. The number of Topliss-reactive ketones (excluding diaryl/α,β-unsaturated/α-hetero) is 1. The zero-order valence-electron chi connectivity index (χ0n) is 16.5. The number of benzene rings is 1. The van der Waals surface area contributed by atoms with Gasteiger partial charge < -0.3 is 9.47 Å². The van der Waals surface area contributed by atoms with Crippen LogP contribution in [0.3, 0.4) is 0 Å². The summed E-state index contributed by atoms with van der Waals surface area (Å²) in [4.78, 5) is 31.3. The number of ether oxygens (including phenoxy) is 2. The highest BCUT2D eigenvalue weighted by molar-refractivity contribution is 6.11. The molecule has 26 heavy (non-hydrogen) atoms. The third-order valence-electron chi connectivity index (χ3n) is 4.92. The molecule has 1 saturated heterocycles. The second kappa shape index (κ2) is 7.76. The van der Waals surface area contributed by atoms with Crippen LogP contribution in [-0.2, 0) is 14.4 Å². The van der Waals surface area contributed by atoms with Crippen molar-refractivity contribution >= 4 is 11.8 Å². The third kappa shape index (κ3) is 4.24. The first kappa shape index (κ1) is 20.4. The first-order chi connectivity index (χ1) is 12.1. The van der Waals surface area contributed by atoms with Crippen LogP contribution in [0.15, 0.2) is 24.3 Å². The van der Waals surface area contributed by atoms with Gasteiger partial charge in [-0.3, -0.25) is 9.63 Å². The van der Waals surface area contributed by atoms with Crippen LogP contribution >= 0.6 is 0 Å². The van der Waals surface area contributed by atoms with Gasteiger partial charge in [0.05, 0.1) is 14.2 Å². The van der Waals surface area contributed by atoms with Crippen LogP contribution in [0.25, 0.3) is 0 Å². The molecule has 1 atom stereocenters. The zero-order chi connectivity index (χ0) is 19.5. The van der Waals surface area contributed by atoms with E-state index in [0.29, 0.717) is 11.3 Å². The van der Waals surface area contributed by atoms with E-state index in [9.17, 15) is 9.59 Å². The molecule has 0 saturated carbocycles. The summed E-state index contributed by atoms with van der Waals surface area (Å²) in [6, 6.07) is 6.59. The fraction of sp³-hybridized carbons (Fsp3) is 0.600. The highest BCUT2D eigenvalue weighted by Crippen LogP contribution is 2.39. The molecule has 0 aliphatic carbocycles. The number of hydrogen-bond acceptors (Lipinski definition) is 6. The fourth-order valence-electron chi connectivity index (χ4n) is 3.58. The van der Waals surface area contributed by atoms with Crippen molar-refractivity contribution in [3.8, 4) is 5.75 Å². The second-order valence-corrected chi connectivity index (χ2v) is 7.87. The summed E-state index contributed by atoms with van der Waals surface area (Å²) < 4.78 is 9.95. The van der Waals surface area contributed by atoms with Gasteiger partial charge in [-0.05, 0) is 71.2 Å². The van der Waals surface area contributed by atoms with Crippen molar-refractivity contribution in [1.82, 2.24) is 5.06 Å². The smallest absolute Gasteiger partial charge is 0.345 e. The maximum Gasteiger partial charge on any atom is 0.345 e. The minimum atomic E-state index is -1.34. The van der Waals surface area contributed by atoms with Gasteiger partial charge in [-0.25, -0.2) is 4.79 Å². The van der Waals surface area contributed by atoms with E-state index < -0.39 is 17.9 Å². The molecule has 0 bridgehead atoms. The molecule has 0 amide bonds. The Balaban J connectivity index is 2.31. The lowest BCUT2D eigenvalue weighted by molar-refractivity contribution is -0.292. The minimum absolute atomic E-state index is 0.297. The maximum atomic E-state index is 12.9. The molecule has 6 heteroatoms. The van der Waals surface area contributed by atoms with E-state index in [4.69, 9.17) is 14.3 Å². The van der Waals surface area contributed by atoms with Crippen LogP contribution in [-0.4, -0.2) is 48.2 Å². The Morgan fingerprint density at radius 2 is 1.54 bits per heavy atom. The van der Waals surface area contributed by atoms with Crippen molar-refractivity contribution < 1.29 is 23.9 Å². The molecule has 1 heterocycles. The van der Waals surface area contributed by atoms with Gasteiger partial charge in [0.1, 0.15) is 5.75 Å². The average Bonchev–Trinajstić information content (AvgIpc) is 2.59. The summed E-state index contributed by atoms with van der Waals surface area (Å²) in [5.41, 5.74) is -0.226. The van der Waals surface area contributed by atoms with Crippen molar-refractivity contribution in [3.63, 3.8) is 0 Å². The molecule has 2 rings (SSSR count). The van der Waals surface area contributed by atoms with E-state index in [2.05, 4.69) is 27.7 Å². The van der Waals surface area contributed by atoms with E-state index in [1.165, 1.54) is 7.11 Å². The number of esters is 1. The summed E-state index contributed by atoms with van der Waals surface area (Å²) in [6.07, 6.45) is 1.56. The van der Waals surface area contributed by atoms with Crippen LogP contribution in [0.1, 0.15) is 57.3 Å². The quantitative estimate of drug-likeness (QED) is 0.438. The Morgan fingerprint density at radius 1 is 1.00 bits per heavy atom. The van der Waals surface area contributed by atoms with Gasteiger partial charge in [0, 0.05) is 16.6 Å². The lowest BCUT2D eigenvalue weighted by Crippen LogP contribution is -2.60. The number of hydrogen-bond donors (Lipinski definition) is 0. The zero-order valence-corrected chi connectivity index (χ0v) is 16.5. The molecule has 1 aromatic rings. The van der Waals surface area contributed by atoms with Crippen LogP contribution in [0.2, 0.25) is 0 Å². The van der Waals surface area contributed by atoms with Gasteiger partial charge in [-0.1, -0.05) is 0 Å². The van der Waals surface area contributed by atoms with E-state index in [1.807, 2.05) is 0 Å². The largest absolute Gasteiger partial charge is 0.497 e. The second-order valence-electron chi connectivity index (χ2n) is 7.87. The summed E-state index contributed by atoms with van der Waals surface area (Å²) in [5, 5.41) is 1.80. The van der Waals surface area contributed by atoms with E-state index in [-0.39, 0.29) is 11.1 Å². The molecule has 0 N–H and O–H groups in total. The van der Waals surface area contributed by atoms with Crippen molar-refractivity contribution in [3.05, 3.63) is 29.8 Å². The number of rotatable bonds is 6. The lowest BCUT2D eigenvalue weighted by Gasteiger charge is -2.51. The number of methoxy groups -OCH3 is 2. The van der Waals surface area contributed by atoms with E-state index in [0.717, 1.165) is 19.3 Å². The first-order valence-electron chi connectivity index (χ1n) is 8.85. The first-order valence-corrected chi connectivity index (χ1v) is 8.85. The van der Waals surface area contributed by atoms with Gasteiger partial charge in [-0.2, -0.15) is 5.06 Å². The molecular weight excluding hydrogens is 334 g/mol. The monoisotopic (exact) mass is 363 g/mol. The lowest BCUT2D eigenvalue weighted by atomic mass is 9.82. The average molecular weight is 363 g/mol. The fourth-order valence-corrected chi connectivity index (χ4v) is 3.58. The Labute approximate surface area is 155 Å². The number of carbonyl (C=O) groups is 2. The number of carbonyl (C=O) groups excluding carboxylic acids is 2. The summed E-state index contributed by atoms with van der Waals surface area (Å²) in [6.45, 7) is 8.22. The van der Waals surface area contributed by atoms with E-state index in [1.54, 1.807) is 36.4 Å². The molecule has 1 fully saturated rings. The number of ketones is 1. The van der Waals surface area contributed by atoms with Gasteiger partial charge in [0.25, 0.3) is 0 Å². The normalized spacial score (nSPS) is 20.2. The minimum Gasteiger partial charge on any atom is -0.497 e. The molecule has 0 spiro atoms. The van der Waals surface area contributed by atoms with Crippen LogP contribution < -0.4 is 4.74 Å². The van der Waals surface area contributed by atoms with Gasteiger partial charge in [-0.15, -0.1) is 0 Å². The number of hydroxylamine groups is 2. The molecule has 0 radical (unpaired) electrons. The van der Waals surface area contributed by atoms with E-state index >= 15 is 0 Å². The Kier molecular flexibility index (Phi) is 6.09. The van der Waals surface area contributed by atoms with Gasteiger partial charge >= 0.3 is 5.97 Å². The highest BCUT2D eigenvalue weighted by atomic mass is 16.7. The van der Waals surface area contributed by atoms with Crippen LogP contribution in [0, 0.1) is 0 Å². The van der Waals surface area contributed by atoms with Crippen molar-refractivity contribution in [2.24, 2.45) is 0 Å². The molecular formula is C20H29NO5. The highest BCUT2D eigenvalue weighted by Gasteiger charge is 2.46. The predicted octanol–water partition coefficient (Wildman–Crippen LogP) is 3.39. The number of piperidine rings is 1. The Hall–Kier alpha value is -1.92. The molecule has 1 aliphatic heterocycles. The van der Waals surface area contributed by atoms with Crippen molar-refractivity contribution in [2.45, 2.75) is 64.1 Å². The predicted molar refractivity (Wildman–Crippen MR) is 98.1 cm³/mol. The molecule has 6 nitrogen and oxygen atoms in total. The summed E-state index contributed by atoms with van der Waals surface area (Å²) >= 11 is 0.